The molecule has 0 aliphatic carbocycles. The predicted molar refractivity (Wildman–Crippen MR) is 134 cm³/mol. The molecule has 0 amide bonds. The van der Waals surface area contributed by atoms with Crippen molar-refractivity contribution in [1.82, 2.24) is 0 Å². The molecule has 0 saturated heterocycles. The lowest BCUT2D eigenvalue weighted by Crippen LogP contribution is -2.16. The normalized spacial score (nSPS) is 12.3. The number of allylic oxidation sites excluding steroid dienone is 2. The first-order valence-corrected chi connectivity index (χ1v) is 13.5. The fourth-order valence-electron chi connectivity index (χ4n) is 4.09. The van der Waals surface area contributed by atoms with Crippen LogP contribution in [0.15, 0.2) is 42.2 Å². The third-order valence-electron chi connectivity index (χ3n) is 6.15. The lowest BCUT2D eigenvalue weighted by atomic mass is 10.0. The molecule has 0 saturated carbocycles. The molecule has 190 valence electrons. The third-order valence-corrected chi connectivity index (χ3v) is 6.15. The van der Waals surface area contributed by atoms with Crippen molar-refractivity contribution in [2.24, 2.45) is 0 Å². The second kappa shape index (κ2) is 20.0. The molecule has 0 fully saturated rings. The fraction of sp³-hybridized carbons (Fsp3) is 0.724. The molecule has 0 radical (unpaired) electrons. The highest BCUT2D eigenvalue weighted by Gasteiger charge is 2.35. The van der Waals surface area contributed by atoms with E-state index in [-0.39, 0.29) is 13.0 Å². The summed E-state index contributed by atoms with van der Waals surface area (Å²) in [5, 5.41) is 0. The van der Waals surface area contributed by atoms with Gasteiger partial charge in [0.25, 0.3) is 0 Å². The molecule has 0 unspecified atom stereocenters. The lowest BCUT2D eigenvalue weighted by molar-refractivity contribution is -0.131. The molecule has 0 aromatic heterocycles. The van der Waals surface area contributed by atoms with Crippen LogP contribution in [0.1, 0.15) is 122 Å². The molecule has 0 N–H and O–H groups in total. The molecular formula is C29H47F3O. The maximum atomic E-state index is 13.2. The SMILES string of the molecule is CCCCCCCCCCCCCCCCCCCO/C(=C/Cc1ccccc1)C(F)(F)F. The van der Waals surface area contributed by atoms with E-state index in [0.717, 1.165) is 24.5 Å². The van der Waals surface area contributed by atoms with E-state index in [1.807, 2.05) is 30.3 Å². The van der Waals surface area contributed by atoms with Crippen molar-refractivity contribution < 1.29 is 17.9 Å². The minimum atomic E-state index is -4.43. The summed E-state index contributed by atoms with van der Waals surface area (Å²) in [5.74, 6) is -0.858. The largest absolute Gasteiger partial charge is 0.489 e. The van der Waals surface area contributed by atoms with Gasteiger partial charge in [0.15, 0.2) is 5.76 Å². The van der Waals surface area contributed by atoms with Crippen LogP contribution < -0.4 is 0 Å². The van der Waals surface area contributed by atoms with E-state index in [1.165, 1.54) is 89.9 Å². The van der Waals surface area contributed by atoms with E-state index < -0.39 is 11.9 Å². The first-order valence-electron chi connectivity index (χ1n) is 13.5. The van der Waals surface area contributed by atoms with Crippen LogP contribution in [0.4, 0.5) is 13.2 Å². The summed E-state index contributed by atoms with van der Waals surface area (Å²) >= 11 is 0. The minimum Gasteiger partial charge on any atom is -0.489 e. The smallest absolute Gasteiger partial charge is 0.448 e. The number of rotatable bonds is 21. The Hall–Kier alpha value is -1.45. The molecule has 33 heavy (non-hydrogen) atoms. The zero-order valence-corrected chi connectivity index (χ0v) is 20.9. The van der Waals surface area contributed by atoms with Crippen LogP contribution in [0.3, 0.4) is 0 Å². The van der Waals surface area contributed by atoms with Crippen LogP contribution in [-0.4, -0.2) is 12.8 Å². The van der Waals surface area contributed by atoms with E-state index in [0.29, 0.717) is 6.42 Å². The third kappa shape index (κ3) is 17.7. The van der Waals surface area contributed by atoms with Gasteiger partial charge in [-0.3, -0.25) is 0 Å². The number of hydrogen-bond donors (Lipinski definition) is 0. The number of benzene rings is 1. The highest BCUT2D eigenvalue weighted by Crippen LogP contribution is 2.27. The first kappa shape index (κ1) is 29.6. The standard InChI is InChI=1S/C29H47F3O/c1-2-3-4-5-6-7-8-9-10-11-12-13-14-15-16-17-21-26-33-28(29(30,31)32)25-24-27-22-19-18-20-23-27/h18-20,22-23,25H,2-17,21,24,26H2,1H3/b28-25+. The first-order chi connectivity index (χ1) is 16.0. The van der Waals surface area contributed by atoms with Gasteiger partial charge in [-0.05, 0) is 24.5 Å². The van der Waals surface area contributed by atoms with Crippen molar-refractivity contribution in [2.45, 2.75) is 129 Å². The monoisotopic (exact) mass is 468 g/mol. The zero-order chi connectivity index (χ0) is 24.0. The molecule has 1 aromatic rings. The minimum absolute atomic E-state index is 0.138. The highest BCUT2D eigenvalue weighted by molar-refractivity contribution is 5.19. The number of unbranched alkanes of at least 4 members (excludes halogenated alkanes) is 16. The number of ether oxygens (including phenoxy) is 1. The highest BCUT2D eigenvalue weighted by atomic mass is 19.4. The Balaban J connectivity index is 1.94. The Morgan fingerprint density at radius 2 is 1.09 bits per heavy atom. The van der Waals surface area contributed by atoms with Crippen molar-refractivity contribution in [3.05, 3.63) is 47.7 Å². The van der Waals surface area contributed by atoms with Crippen molar-refractivity contribution in [3.63, 3.8) is 0 Å². The molecule has 0 heterocycles. The van der Waals surface area contributed by atoms with Crippen molar-refractivity contribution in [1.29, 1.82) is 0 Å². The Morgan fingerprint density at radius 1 is 0.667 bits per heavy atom. The topological polar surface area (TPSA) is 9.23 Å². The molecule has 4 heteroatoms. The van der Waals surface area contributed by atoms with E-state index in [4.69, 9.17) is 4.74 Å². The predicted octanol–water partition coefficient (Wildman–Crippen LogP) is 10.3. The molecule has 0 aliphatic rings. The van der Waals surface area contributed by atoms with E-state index in [1.54, 1.807) is 0 Å². The number of alkyl halides is 3. The van der Waals surface area contributed by atoms with Gasteiger partial charge in [0.05, 0.1) is 6.61 Å². The van der Waals surface area contributed by atoms with Gasteiger partial charge < -0.3 is 4.74 Å². The van der Waals surface area contributed by atoms with Crippen LogP contribution in [0.25, 0.3) is 0 Å². The molecule has 0 bridgehead atoms. The quantitative estimate of drug-likeness (QED) is 0.129. The van der Waals surface area contributed by atoms with Gasteiger partial charge in [-0.15, -0.1) is 0 Å². The van der Waals surface area contributed by atoms with Crippen LogP contribution >= 0.6 is 0 Å². The summed E-state index contributed by atoms with van der Waals surface area (Å²) in [6.45, 7) is 2.40. The van der Waals surface area contributed by atoms with Crippen molar-refractivity contribution >= 4 is 0 Å². The maximum absolute atomic E-state index is 13.2. The number of halogens is 3. The van der Waals surface area contributed by atoms with Crippen LogP contribution in [0, 0.1) is 0 Å². The van der Waals surface area contributed by atoms with Gasteiger partial charge in [0.1, 0.15) is 0 Å². The molecule has 0 spiro atoms. The summed E-state index contributed by atoms with van der Waals surface area (Å²) < 4.78 is 44.5. The van der Waals surface area contributed by atoms with Crippen LogP contribution in [-0.2, 0) is 11.2 Å². The molecule has 1 nitrogen and oxygen atoms in total. The van der Waals surface area contributed by atoms with Crippen molar-refractivity contribution in [2.75, 3.05) is 6.61 Å². The van der Waals surface area contributed by atoms with Gasteiger partial charge in [0.2, 0.25) is 0 Å². The molecule has 1 rings (SSSR count). The van der Waals surface area contributed by atoms with E-state index in [9.17, 15) is 13.2 Å². The van der Waals surface area contributed by atoms with Gasteiger partial charge in [-0.2, -0.15) is 13.2 Å². The molecule has 0 aliphatic heterocycles. The summed E-state index contributed by atoms with van der Waals surface area (Å²) in [7, 11) is 0. The van der Waals surface area contributed by atoms with E-state index in [2.05, 4.69) is 6.92 Å². The average Bonchev–Trinajstić information content (AvgIpc) is 2.80. The second-order valence-corrected chi connectivity index (χ2v) is 9.26. The summed E-state index contributed by atoms with van der Waals surface area (Å²) in [4.78, 5) is 0. The summed E-state index contributed by atoms with van der Waals surface area (Å²) in [6.07, 6.45) is 18.5. The summed E-state index contributed by atoms with van der Waals surface area (Å²) in [6, 6.07) is 9.15. The molecule has 0 atom stereocenters. The Morgan fingerprint density at radius 3 is 1.52 bits per heavy atom. The van der Waals surface area contributed by atoms with E-state index >= 15 is 0 Å². The van der Waals surface area contributed by atoms with Crippen molar-refractivity contribution in [3.8, 4) is 0 Å². The summed E-state index contributed by atoms with van der Waals surface area (Å²) in [5.41, 5.74) is 0.848. The molecule has 1 aromatic carbocycles. The fourth-order valence-corrected chi connectivity index (χ4v) is 4.09. The van der Waals surface area contributed by atoms with Gasteiger partial charge >= 0.3 is 6.18 Å². The van der Waals surface area contributed by atoms with Gasteiger partial charge in [0, 0.05) is 0 Å². The Bertz CT molecular complexity index is 580. The Labute approximate surface area is 201 Å². The van der Waals surface area contributed by atoms with Gasteiger partial charge in [-0.1, -0.05) is 140 Å². The van der Waals surface area contributed by atoms with Crippen LogP contribution in [0.2, 0.25) is 0 Å². The lowest BCUT2D eigenvalue weighted by Gasteiger charge is -2.13. The van der Waals surface area contributed by atoms with Crippen LogP contribution in [0.5, 0.6) is 0 Å². The zero-order valence-electron chi connectivity index (χ0n) is 20.9. The average molecular weight is 469 g/mol. The van der Waals surface area contributed by atoms with Gasteiger partial charge in [-0.25, -0.2) is 0 Å². The maximum Gasteiger partial charge on any atom is 0.448 e. The molecular weight excluding hydrogens is 421 g/mol. The second-order valence-electron chi connectivity index (χ2n) is 9.26. The number of hydrogen-bond acceptors (Lipinski definition) is 1. The Kier molecular flexibility index (Phi) is 17.9.